The normalized spacial score (nSPS) is 10.5. The van der Waals surface area contributed by atoms with E-state index in [1.165, 1.54) is 0 Å². The summed E-state index contributed by atoms with van der Waals surface area (Å²) >= 11 is 0. The molecule has 0 aromatic heterocycles. The molecule has 0 aliphatic carbocycles. The predicted octanol–water partition coefficient (Wildman–Crippen LogP) is 3.53. The van der Waals surface area contributed by atoms with Crippen molar-refractivity contribution in [2.45, 2.75) is 47.2 Å². The van der Waals surface area contributed by atoms with Crippen LogP contribution in [0.1, 0.15) is 46.5 Å². The fourth-order valence-corrected chi connectivity index (χ4v) is 3.17. The van der Waals surface area contributed by atoms with Crippen LogP contribution in [-0.4, -0.2) is 42.4 Å². The van der Waals surface area contributed by atoms with Gasteiger partial charge in [-0.2, -0.15) is 0 Å². The van der Waals surface area contributed by atoms with Crippen molar-refractivity contribution in [2.24, 2.45) is 0 Å². The van der Waals surface area contributed by atoms with Gasteiger partial charge in [0.2, 0.25) is 5.91 Å². The molecule has 0 saturated carbocycles. The first-order valence-corrected chi connectivity index (χ1v) is 10.3. The first-order valence-electron chi connectivity index (χ1n) is 10.3. The Morgan fingerprint density at radius 3 is 2.06 bits per heavy atom. The Hall–Kier alpha value is -3.35. The standard InChI is InChI=1S/C24H32N4O3/c1-15(2)28(6)23(30)20-9-7-19(8-10-20)13-25-24(31)26-14-21(29)27-22-17(4)11-16(3)12-18(22)5/h7-12,15H,13-14H2,1-6H3,(H,27,29)(H2,25,26,31). The minimum absolute atomic E-state index is 0.0442. The van der Waals surface area contributed by atoms with Crippen molar-refractivity contribution in [2.75, 3.05) is 18.9 Å². The molecule has 3 N–H and O–H groups in total. The number of hydrogen-bond acceptors (Lipinski definition) is 3. The lowest BCUT2D eigenvalue weighted by molar-refractivity contribution is -0.115. The van der Waals surface area contributed by atoms with E-state index in [4.69, 9.17) is 0 Å². The number of carbonyl (C=O) groups is 3. The number of rotatable bonds is 7. The van der Waals surface area contributed by atoms with Crippen molar-refractivity contribution in [1.29, 1.82) is 0 Å². The van der Waals surface area contributed by atoms with E-state index in [0.717, 1.165) is 27.9 Å². The van der Waals surface area contributed by atoms with Crippen LogP contribution >= 0.6 is 0 Å². The van der Waals surface area contributed by atoms with E-state index in [0.29, 0.717) is 5.56 Å². The second-order valence-electron chi connectivity index (χ2n) is 8.06. The zero-order valence-electron chi connectivity index (χ0n) is 19.1. The fraction of sp³-hybridized carbons (Fsp3) is 0.375. The first kappa shape index (κ1) is 23.9. The molecular weight excluding hydrogens is 392 g/mol. The largest absolute Gasteiger partial charge is 0.339 e. The quantitative estimate of drug-likeness (QED) is 0.635. The lowest BCUT2D eigenvalue weighted by Gasteiger charge is -2.21. The minimum atomic E-state index is -0.438. The Labute approximate surface area is 184 Å². The van der Waals surface area contributed by atoms with E-state index in [1.54, 1.807) is 36.2 Å². The van der Waals surface area contributed by atoms with Gasteiger partial charge in [0.15, 0.2) is 0 Å². The Kier molecular flexibility index (Phi) is 8.19. The van der Waals surface area contributed by atoms with Crippen molar-refractivity contribution in [1.82, 2.24) is 15.5 Å². The molecule has 2 aromatic rings. The SMILES string of the molecule is Cc1cc(C)c(NC(=O)CNC(=O)NCc2ccc(C(=O)N(C)C(C)C)cc2)c(C)c1. The molecule has 7 nitrogen and oxygen atoms in total. The van der Waals surface area contributed by atoms with Crippen molar-refractivity contribution >= 4 is 23.5 Å². The highest BCUT2D eigenvalue weighted by molar-refractivity contribution is 5.96. The molecule has 0 fully saturated rings. The lowest BCUT2D eigenvalue weighted by atomic mass is 10.1. The highest BCUT2D eigenvalue weighted by Gasteiger charge is 2.14. The Morgan fingerprint density at radius 2 is 1.52 bits per heavy atom. The van der Waals surface area contributed by atoms with Crippen molar-refractivity contribution in [3.63, 3.8) is 0 Å². The van der Waals surface area contributed by atoms with Crippen molar-refractivity contribution in [3.05, 3.63) is 64.2 Å². The summed E-state index contributed by atoms with van der Waals surface area (Å²) in [5.41, 5.74) is 5.33. The maximum Gasteiger partial charge on any atom is 0.315 e. The number of hydrogen-bond donors (Lipinski definition) is 3. The zero-order chi connectivity index (χ0) is 23.1. The van der Waals surface area contributed by atoms with Gasteiger partial charge in [0.05, 0.1) is 6.54 Å². The van der Waals surface area contributed by atoms with Gasteiger partial charge in [0.1, 0.15) is 0 Å². The number of amides is 4. The Bertz CT molecular complexity index is 929. The van der Waals surface area contributed by atoms with E-state index in [1.807, 2.05) is 46.8 Å². The number of anilines is 1. The number of urea groups is 1. The first-order chi connectivity index (χ1) is 14.6. The average molecular weight is 425 g/mol. The zero-order valence-corrected chi connectivity index (χ0v) is 19.1. The summed E-state index contributed by atoms with van der Waals surface area (Å²) in [4.78, 5) is 38.2. The van der Waals surface area contributed by atoms with Crippen molar-refractivity contribution in [3.8, 4) is 0 Å². The summed E-state index contributed by atoms with van der Waals surface area (Å²) in [7, 11) is 1.77. The van der Waals surface area contributed by atoms with Crippen LogP contribution in [0.15, 0.2) is 36.4 Å². The highest BCUT2D eigenvalue weighted by atomic mass is 16.2. The second-order valence-corrected chi connectivity index (χ2v) is 8.06. The van der Waals surface area contributed by atoms with Gasteiger partial charge < -0.3 is 20.9 Å². The summed E-state index contributed by atoms with van der Waals surface area (Å²) in [6.45, 7) is 9.96. The van der Waals surface area contributed by atoms with Gasteiger partial charge in [-0.25, -0.2) is 4.79 Å². The smallest absolute Gasteiger partial charge is 0.315 e. The van der Waals surface area contributed by atoms with Gasteiger partial charge in [-0.3, -0.25) is 9.59 Å². The molecule has 0 bridgehead atoms. The van der Waals surface area contributed by atoms with Crippen LogP contribution < -0.4 is 16.0 Å². The Balaban J connectivity index is 1.80. The number of nitrogens with zero attached hydrogens (tertiary/aromatic N) is 1. The summed E-state index contributed by atoms with van der Waals surface area (Å²) in [5, 5.41) is 8.12. The second kappa shape index (κ2) is 10.6. The summed E-state index contributed by atoms with van der Waals surface area (Å²) < 4.78 is 0. The van der Waals surface area contributed by atoms with Crippen LogP contribution in [0, 0.1) is 20.8 Å². The third-order valence-electron chi connectivity index (χ3n) is 5.10. The van der Waals surface area contributed by atoms with Gasteiger partial charge in [-0.15, -0.1) is 0 Å². The van der Waals surface area contributed by atoms with Crippen LogP contribution in [0.2, 0.25) is 0 Å². The van der Waals surface area contributed by atoms with E-state index in [9.17, 15) is 14.4 Å². The molecule has 7 heteroatoms. The molecule has 166 valence electrons. The third-order valence-corrected chi connectivity index (χ3v) is 5.10. The Morgan fingerprint density at radius 1 is 0.935 bits per heavy atom. The molecule has 0 atom stereocenters. The molecule has 0 aliphatic rings. The minimum Gasteiger partial charge on any atom is -0.339 e. The molecule has 0 spiro atoms. The summed E-state index contributed by atoms with van der Waals surface area (Å²) in [6, 6.07) is 10.8. The van der Waals surface area contributed by atoms with Gasteiger partial charge >= 0.3 is 6.03 Å². The molecule has 0 radical (unpaired) electrons. The average Bonchev–Trinajstić information content (AvgIpc) is 2.72. The molecule has 4 amide bonds. The number of benzene rings is 2. The van der Waals surface area contributed by atoms with Gasteiger partial charge in [-0.05, 0) is 63.4 Å². The van der Waals surface area contributed by atoms with E-state index >= 15 is 0 Å². The number of carbonyl (C=O) groups excluding carboxylic acids is 3. The van der Waals surface area contributed by atoms with Crippen LogP contribution in [0.25, 0.3) is 0 Å². The lowest BCUT2D eigenvalue weighted by Crippen LogP contribution is -2.39. The molecular formula is C24H32N4O3. The van der Waals surface area contributed by atoms with Crippen LogP contribution in [0.5, 0.6) is 0 Å². The van der Waals surface area contributed by atoms with Gasteiger partial charge in [0, 0.05) is 30.9 Å². The van der Waals surface area contributed by atoms with E-state index < -0.39 is 6.03 Å². The summed E-state index contributed by atoms with van der Waals surface area (Å²) in [5.74, 6) is -0.334. The molecule has 0 heterocycles. The molecule has 2 rings (SSSR count). The van der Waals surface area contributed by atoms with Crippen LogP contribution in [0.4, 0.5) is 10.5 Å². The third kappa shape index (κ3) is 6.84. The maximum absolute atomic E-state index is 12.3. The monoisotopic (exact) mass is 424 g/mol. The van der Waals surface area contributed by atoms with Crippen molar-refractivity contribution < 1.29 is 14.4 Å². The summed E-state index contributed by atoms with van der Waals surface area (Å²) in [6.07, 6.45) is 0. The van der Waals surface area contributed by atoms with Gasteiger partial charge in [-0.1, -0.05) is 29.8 Å². The molecule has 0 aliphatic heterocycles. The predicted molar refractivity (Wildman–Crippen MR) is 123 cm³/mol. The fourth-order valence-electron chi connectivity index (χ4n) is 3.17. The topological polar surface area (TPSA) is 90.5 Å². The highest BCUT2D eigenvalue weighted by Crippen LogP contribution is 2.21. The number of aryl methyl sites for hydroxylation is 3. The molecule has 2 aromatic carbocycles. The molecule has 0 saturated heterocycles. The maximum atomic E-state index is 12.3. The molecule has 0 unspecified atom stereocenters. The van der Waals surface area contributed by atoms with Crippen LogP contribution in [0.3, 0.4) is 0 Å². The molecule has 31 heavy (non-hydrogen) atoms. The van der Waals surface area contributed by atoms with E-state index in [-0.39, 0.29) is 30.9 Å². The van der Waals surface area contributed by atoms with Crippen LogP contribution in [-0.2, 0) is 11.3 Å². The number of nitrogens with one attached hydrogen (secondary N) is 3. The van der Waals surface area contributed by atoms with Gasteiger partial charge in [0.25, 0.3) is 5.91 Å². The van der Waals surface area contributed by atoms with E-state index in [2.05, 4.69) is 16.0 Å².